The van der Waals surface area contributed by atoms with Gasteiger partial charge in [0.15, 0.2) is 5.78 Å². The first-order valence-electron chi connectivity index (χ1n) is 7.63. The van der Waals surface area contributed by atoms with Crippen LogP contribution >= 0.6 is 0 Å². The quantitative estimate of drug-likeness (QED) is 0.426. The average molecular weight is 311 g/mol. The lowest BCUT2D eigenvalue weighted by molar-refractivity contribution is -0.156. The van der Waals surface area contributed by atoms with E-state index in [0.29, 0.717) is 25.2 Å². The molecule has 0 amide bonds. The highest BCUT2D eigenvalue weighted by Crippen LogP contribution is 2.41. The van der Waals surface area contributed by atoms with Crippen LogP contribution in [0.3, 0.4) is 0 Å². The topological polar surface area (TPSA) is 82.0 Å². The molecule has 0 aromatic rings. The van der Waals surface area contributed by atoms with Gasteiger partial charge in [-0.25, -0.2) is 0 Å². The summed E-state index contributed by atoms with van der Waals surface area (Å²) in [6.07, 6.45) is 1.26. The number of carbonyl (C=O) groups is 3. The Hall–Kier alpha value is -1.72. The Kier molecular flexibility index (Phi) is 6.26. The third-order valence-corrected chi connectivity index (χ3v) is 3.89. The van der Waals surface area contributed by atoms with Crippen LogP contribution in [0.15, 0.2) is 5.16 Å². The van der Waals surface area contributed by atoms with Crippen LogP contribution < -0.4 is 0 Å². The van der Waals surface area contributed by atoms with E-state index in [9.17, 15) is 14.4 Å². The molecule has 0 heterocycles. The SMILES string of the molecule is CCCC(=O)[C@H]1C(=O)[C@H](C(=O)OC)C(C)(C)C/C1=N\OCC. The van der Waals surface area contributed by atoms with Crippen molar-refractivity contribution in [3.8, 4) is 0 Å². The minimum absolute atomic E-state index is 0.213. The largest absolute Gasteiger partial charge is 0.468 e. The summed E-state index contributed by atoms with van der Waals surface area (Å²) in [5.41, 5.74) is -0.251. The second kappa shape index (κ2) is 7.51. The molecule has 0 aromatic carbocycles. The van der Waals surface area contributed by atoms with Crippen molar-refractivity contribution in [2.75, 3.05) is 13.7 Å². The van der Waals surface area contributed by atoms with E-state index in [-0.39, 0.29) is 12.2 Å². The Balaban J connectivity index is 3.25. The van der Waals surface area contributed by atoms with Gasteiger partial charge in [0.05, 0.1) is 12.8 Å². The summed E-state index contributed by atoms with van der Waals surface area (Å²) < 4.78 is 4.76. The lowest BCUT2D eigenvalue weighted by Crippen LogP contribution is -2.52. The van der Waals surface area contributed by atoms with Gasteiger partial charge in [-0.15, -0.1) is 0 Å². The van der Waals surface area contributed by atoms with Crippen LogP contribution in [0.2, 0.25) is 0 Å². The Labute approximate surface area is 131 Å². The molecule has 0 saturated heterocycles. The summed E-state index contributed by atoms with van der Waals surface area (Å²) in [4.78, 5) is 42.2. The van der Waals surface area contributed by atoms with Crippen LogP contribution in [-0.2, 0) is 24.0 Å². The summed E-state index contributed by atoms with van der Waals surface area (Å²) in [6.45, 7) is 7.60. The van der Waals surface area contributed by atoms with E-state index in [4.69, 9.17) is 9.57 Å². The van der Waals surface area contributed by atoms with Gasteiger partial charge >= 0.3 is 5.97 Å². The number of Topliss-reactive ketones (excluding diaryl/α,β-unsaturated/α-hetero) is 2. The van der Waals surface area contributed by atoms with Gasteiger partial charge in [0, 0.05) is 6.42 Å². The van der Waals surface area contributed by atoms with E-state index in [1.165, 1.54) is 7.11 Å². The fourth-order valence-electron chi connectivity index (χ4n) is 2.91. The molecule has 0 N–H and O–H groups in total. The smallest absolute Gasteiger partial charge is 0.316 e. The van der Waals surface area contributed by atoms with Crippen molar-refractivity contribution in [1.29, 1.82) is 0 Å². The van der Waals surface area contributed by atoms with Gasteiger partial charge in [0.25, 0.3) is 0 Å². The molecule has 0 bridgehead atoms. The van der Waals surface area contributed by atoms with Gasteiger partial charge < -0.3 is 9.57 Å². The van der Waals surface area contributed by atoms with Crippen molar-refractivity contribution in [3.05, 3.63) is 0 Å². The first kappa shape index (κ1) is 18.3. The third-order valence-electron chi connectivity index (χ3n) is 3.89. The van der Waals surface area contributed by atoms with Crippen molar-refractivity contribution in [2.24, 2.45) is 22.4 Å². The van der Waals surface area contributed by atoms with Gasteiger partial charge in [-0.05, 0) is 25.2 Å². The van der Waals surface area contributed by atoms with E-state index < -0.39 is 29.0 Å². The maximum Gasteiger partial charge on any atom is 0.316 e. The van der Waals surface area contributed by atoms with E-state index >= 15 is 0 Å². The van der Waals surface area contributed by atoms with Crippen molar-refractivity contribution >= 4 is 23.2 Å². The summed E-state index contributed by atoms with van der Waals surface area (Å²) in [5, 5.41) is 3.97. The zero-order valence-corrected chi connectivity index (χ0v) is 14.0. The van der Waals surface area contributed by atoms with Crippen LogP contribution in [0.5, 0.6) is 0 Å². The van der Waals surface area contributed by atoms with E-state index in [1.54, 1.807) is 20.8 Å². The highest BCUT2D eigenvalue weighted by molar-refractivity contribution is 6.26. The number of oxime groups is 1. The lowest BCUT2D eigenvalue weighted by Gasteiger charge is -2.39. The predicted molar refractivity (Wildman–Crippen MR) is 81.4 cm³/mol. The van der Waals surface area contributed by atoms with Gasteiger partial charge in [-0.1, -0.05) is 25.9 Å². The van der Waals surface area contributed by atoms with Crippen molar-refractivity contribution < 1.29 is 24.0 Å². The molecule has 0 aromatic heterocycles. The second-order valence-electron chi connectivity index (χ2n) is 6.17. The molecule has 6 heteroatoms. The van der Waals surface area contributed by atoms with Gasteiger partial charge in [-0.2, -0.15) is 0 Å². The van der Waals surface area contributed by atoms with Crippen molar-refractivity contribution in [1.82, 2.24) is 0 Å². The van der Waals surface area contributed by atoms with Crippen LogP contribution in [-0.4, -0.2) is 37.0 Å². The molecule has 1 aliphatic rings. The Morgan fingerprint density at radius 2 is 1.95 bits per heavy atom. The van der Waals surface area contributed by atoms with Gasteiger partial charge in [0.1, 0.15) is 24.2 Å². The maximum absolute atomic E-state index is 12.8. The molecule has 0 radical (unpaired) electrons. The summed E-state index contributed by atoms with van der Waals surface area (Å²) in [7, 11) is 1.25. The number of esters is 1. The lowest BCUT2D eigenvalue weighted by atomic mass is 9.62. The van der Waals surface area contributed by atoms with Gasteiger partial charge in [0.2, 0.25) is 0 Å². The molecule has 124 valence electrons. The predicted octanol–water partition coefficient (Wildman–Crippen LogP) is 2.15. The maximum atomic E-state index is 12.8. The number of ether oxygens (including phenoxy) is 1. The summed E-state index contributed by atoms with van der Waals surface area (Å²) in [5.74, 6) is -3.19. The first-order chi connectivity index (χ1) is 10.3. The highest BCUT2D eigenvalue weighted by atomic mass is 16.6. The molecule has 0 aliphatic heterocycles. The number of ketones is 2. The van der Waals surface area contributed by atoms with Gasteiger partial charge in [-0.3, -0.25) is 14.4 Å². The standard InChI is InChI=1S/C16H25NO5/c1-6-8-11(18)12-10(17-22-7-2)9-16(3,4)13(14(12)19)15(20)21-5/h12-13H,6-9H2,1-5H3/b17-10+/t12-,13+/m0/s1. The highest BCUT2D eigenvalue weighted by Gasteiger charge is 2.52. The molecule has 1 saturated carbocycles. The molecule has 22 heavy (non-hydrogen) atoms. The van der Waals surface area contributed by atoms with Crippen LogP contribution in [0.25, 0.3) is 0 Å². The monoisotopic (exact) mass is 311 g/mol. The third kappa shape index (κ3) is 3.72. The minimum Gasteiger partial charge on any atom is -0.468 e. The van der Waals surface area contributed by atoms with E-state index in [2.05, 4.69) is 5.16 Å². The fraction of sp³-hybridized carbons (Fsp3) is 0.750. The Morgan fingerprint density at radius 1 is 1.32 bits per heavy atom. The summed E-state index contributed by atoms with van der Waals surface area (Å²) >= 11 is 0. The number of nitrogens with zero attached hydrogens (tertiary/aromatic N) is 1. The zero-order valence-electron chi connectivity index (χ0n) is 14.0. The van der Waals surface area contributed by atoms with Crippen molar-refractivity contribution in [3.63, 3.8) is 0 Å². The molecule has 1 fully saturated rings. The zero-order chi connectivity index (χ0) is 16.9. The van der Waals surface area contributed by atoms with E-state index in [1.807, 2.05) is 6.92 Å². The van der Waals surface area contributed by atoms with Crippen LogP contribution in [0.4, 0.5) is 0 Å². The molecule has 2 atom stereocenters. The number of carbonyl (C=O) groups excluding carboxylic acids is 3. The number of methoxy groups -OCH3 is 1. The molecular formula is C16H25NO5. The molecule has 0 spiro atoms. The Morgan fingerprint density at radius 3 is 2.45 bits per heavy atom. The normalized spacial score (nSPS) is 25.9. The second-order valence-corrected chi connectivity index (χ2v) is 6.17. The number of hydrogen-bond acceptors (Lipinski definition) is 6. The number of hydrogen-bond donors (Lipinski definition) is 0. The fourth-order valence-corrected chi connectivity index (χ4v) is 2.91. The molecule has 1 aliphatic carbocycles. The van der Waals surface area contributed by atoms with Crippen LogP contribution in [0, 0.1) is 17.3 Å². The van der Waals surface area contributed by atoms with Crippen molar-refractivity contribution in [2.45, 2.75) is 47.0 Å². The van der Waals surface area contributed by atoms with Crippen LogP contribution in [0.1, 0.15) is 47.0 Å². The molecule has 6 nitrogen and oxygen atoms in total. The summed E-state index contributed by atoms with van der Waals surface area (Å²) in [6, 6.07) is 0. The first-order valence-corrected chi connectivity index (χ1v) is 7.63. The average Bonchev–Trinajstić information content (AvgIpc) is 2.43. The minimum atomic E-state index is -0.997. The molecule has 0 unspecified atom stereocenters. The molecule has 1 rings (SSSR count). The molecular weight excluding hydrogens is 286 g/mol. The Bertz CT molecular complexity index is 481. The van der Waals surface area contributed by atoms with E-state index in [0.717, 1.165) is 0 Å². The number of rotatable bonds is 6.